The topological polar surface area (TPSA) is 88.4 Å². The lowest BCUT2D eigenvalue weighted by Crippen LogP contribution is -2.42. The smallest absolute Gasteiger partial charge is 0.165 e. The standard InChI is InChI=1S/C24H26N8/c1-3-19-23-30-26-14-31(23)21-15(2)27-22(28-24(21)32(19)17-11-7-8-12-17)18-13-25-29-20(18)16-9-5-4-6-10-16/h4-6,9-10,13-14,17,19H,3,7-8,11-12H2,1-2H3,(H,25,29)/t19-/m1/s1. The van der Waals surface area contributed by atoms with Crippen LogP contribution in [0.2, 0.25) is 0 Å². The van der Waals surface area contributed by atoms with Crippen molar-refractivity contribution in [3.8, 4) is 28.3 Å². The molecule has 8 heteroatoms. The van der Waals surface area contributed by atoms with Gasteiger partial charge in [-0.05, 0) is 26.2 Å². The van der Waals surface area contributed by atoms with E-state index in [0.717, 1.165) is 46.3 Å². The molecule has 1 atom stereocenters. The van der Waals surface area contributed by atoms with Crippen LogP contribution in [0.1, 0.15) is 56.6 Å². The van der Waals surface area contributed by atoms with Crippen molar-refractivity contribution in [2.75, 3.05) is 4.90 Å². The van der Waals surface area contributed by atoms with Crippen molar-refractivity contribution in [1.29, 1.82) is 0 Å². The fraction of sp³-hybridized carbons (Fsp3) is 0.375. The number of rotatable bonds is 4. The van der Waals surface area contributed by atoms with Gasteiger partial charge < -0.3 is 4.90 Å². The Morgan fingerprint density at radius 2 is 1.91 bits per heavy atom. The van der Waals surface area contributed by atoms with Gasteiger partial charge >= 0.3 is 0 Å². The maximum absolute atomic E-state index is 5.18. The number of H-pyrrole nitrogens is 1. The second-order valence-corrected chi connectivity index (χ2v) is 8.66. The molecule has 8 nitrogen and oxygen atoms in total. The molecule has 6 rings (SSSR count). The van der Waals surface area contributed by atoms with Crippen molar-refractivity contribution >= 4 is 5.82 Å². The number of hydrogen-bond acceptors (Lipinski definition) is 6. The number of aryl methyl sites for hydroxylation is 1. The van der Waals surface area contributed by atoms with Gasteiger partial charge in [0, 0.05) is 11.6 Å². The maximum atomic E-state index is 5.18. The monoisotopic (exact) mass is 426 g/mol. The van der Waals surface area contributed by atoms with Crippen LogP contribution in [0.4, 0.5) is 5.82 Å². The molecule has 0 saturated heterocycles. The highest BCUT2D eigenvalue weighted by molar-refractivity contribution is 5.79. The summed E-state index contributed by atoms with van der Waals surface area (Å²) in [6.45, 7) is 4.27. The van der Waals surface area contributed by atoms with Gasteiger partial charge in [0.1, 0.15) is 12.0 Å². The van der Waals surface area contributed by atoms with E-state index in [9.17, 15) is 0 Å². The molecule has 2 aliphatic rings. The number of fused-ring (bicyclic) bond motifs is 3. The summed E-state index contributed by atoms with van der Waals surface area (Å²) in [5, 5.41) is 16.2. The van der Waals surface area contributed by atoms with E-state index in [0.29, 0.717) is 11.9 Å². The quantitative estimate of drug-likeness (QED) is 0.512. The third-order valence-electron chi connectivity index (χ3n) is 6.78. The molecular formula is C24H26N8. The first kappa shape index (κ1) is 19.2. The Morgan fingerprint density at radius 3 is 2.69 bits per heavy atom. The third-order valence-corrected chi connectivity index (χ3v) is 6.78. The average Bonchev–Trinajstić information content (AvgIpc) is 3.59. The molecule has 4 heterocycles. The Morgan fingerprint density at radius 1 is 1.09 bits per heavy atom. The van der Waals surface area contributed by atoms with E-state index < -0.39 is 0 Å². The fourth-order valence-corrected chi connectivity index (χ4v) is 5.32. The van der Waals surface area contributed by atoms with E-state index in [1.165, 1.54) is 25.7 Å². The van der Waals surface area contributed by atoms with E-state index in [1.807, 2.05) is 24.4 Å². The predicted octanol–water partition coefficient (Wildman–Crippen LogP) is 4.64. The molecule has 0 radical (unpaired) electrons. The third kappa shape index (κ3) is 2.86. The Hall–Kier alpha value is -3.55. The molecule has 162 valence electrons. The van der Waals surface area contributed by atoms with E-state index >= 15 is 0 Å². The maximum Gasteiger partial charge on any atom is 0.165 e. The number of benzene rings is 1. The highest BCUT2D eigenvalue weighted by atomic mass is 15.4. The van der Waals surface area contributed by atoms with Gasteiger partial charge in [0.15, 0.2) is 17.5 Å². The summed E-state index contributed by atoms with van der Waals surface area (Å²) in [5.41, 5.74) is 4.83. The van der Waals surface area contributed by atoms with E-state index in [2.05, 4.69) is 55.8 Å². The normalized spacial score (nSPS) is 18.1. The number of nitrogens with zero attached hydrogens (tertiary/aromatic N) is 7. The Balaban J connectivity index is 1.56. The first-order valence-corrected chi connectivity index (χ1v) is 11.4. The van der Waals surface area contributed by atoms with Gasteiger partial charge in [0.05, 0.1) is 29.2 Å². The van der Waals surface area contributed by atoms with Gasteiger partial charge in [0.2, 0.25) is 0 Å². The lowest BCUT2D eigenvalue weighted by Gasteiger charge is -2.41. The number of nitrogens with one attached hydrogen (secondary N) is 1. The van der Waals surface area contributed by atoms with Gasteiger partial charge in [-0.25, -0.2) is 9.97 Å². The molecule has 1 aromatic carbocycles. The van der Waals surface area contributed by atoms with Crippen LogP contribution < -0.4 is 4.90 Å². The van der Waals surface area contributed by atoms with Crippen molar-refractivity contribution in [3.63, 3.8) is 0 Å². The Bertz CT molecular complexity index is 1250. The fourth-order valence-electron chi connectivity index (χ4n) is 5.32. The number of aromatic amines is 1. The molecule has 1 aliphatic carbocycles. The van der Waals surface area contributed by atoms with Crippen LogP contribution in [0.3, 0.4) is 0 Å². The van der Waals surface area contributed by atoms with E-state index in [1.54, 1.807) is 6.33 Å². The molecule has 32 heavy (non-hydrogen) atoms. The summed E-state index contributed by atoms with van der Waals surface area (Å²) in [7, 11) is 0. The average molecular weight is 427 g/mol. The van der Waals surface area contributed by atoms with Crippen molar-refractivity contribution < 1.29 is 0 Å². The van der Waals surface area contributed by atoms with Crippen LogP contribution in [-0.2, 0) is 0 Å². The van der Waals surface area contributed by atoms with Gasteiger partial charge in [0.25, 0.3) is 0 Å². The number of hydrogen-bond donors (Lipinski definition) is 1. The molecule has 3 aromatic heterocycles. The minimum absolute atomic E-state index is 0.160. The lowest BCUT2D eigenvalue weighted by molar-refractivity contribution is 0.468. The zero-order valence-electron chi connectivity index (χ0n) is 18.4. The minimum atomic E-state index is 0.160. The summed E-state index contributed by atoms with van der Waals surface area (Å²) in [6.07, 6.45) is 9.47. The predicted molar refractivity (Wildman–Crippen MR) is 122 cm³/mol. The lowest BCUT2D eigenvalue weighted by atomic mass is 10.0. The van der Waals surface area contributed by atoms with Gasteiger partial charge in [-0.1, -0.05) is 50.1 Å². The van der Waals surface area contributed by atoms with Crippen LogP contribution in [0.15, 0.2) is 42.9 Å². The highest BCUT2D eigenvalue weighted by Gasteiger charge is 2.39. The molecule has 1 fully saturated rings. The molecule has 1 saturated carbocycles. The molecule has 1 N–H and O–H groups in total. The van der Waals surface area contributed by atoms with Crippen LogP contribution in [0.25, 0.3) is 28.3 Å². The van der Waals surface area contributed by atoms with Gasteiger partial charge in [-0.15, -0.1) is 10.2 Å². The van der Waals surface area contributed by atoms with E-state index in [-0.39, 0.29) is 6.04 Å². The molecule has 0 spiro atoms. The summed E-state index contributed by atoms with van der Waals surface area (Å²) in [6, 6.07) is 10.8. The first-order chi connectivity index (χ1) is 15.8. The second kappa shape index (κ2) is 7.55. The summed E-state index contributed by atoms with van der Waals surface area (Å²) >= 11 is 0. The number of aromatic nitrogens is 7. The Labute approximate surface area is 186 Å². The molecular weight excluding hydrogens is 400 g/mol. The zero-order chi connectivity index (χ0) is 21.7. The number of anilines is 1. The minimum Gasteiger partial charge on any atom is -0.341 e. The van der Waals surface area contributed by atoms with Gasteiger partial charge in [-0.2, -0.15) is 5.10 Å². The highest BCUT2D eigenvalue weighted by Crippen LogP contribution is 2.44. The van der Waals surface area contributed by atoms with Crippen LogP contribution >= 0.6 is 0 Å². The Kier molecular flexibility index (Phi) is 4.52. The van der Waals surface area contributed by atoms with Crippen molar-refractivity contribution in [1.82, 2.24) is 34.9 Å². The summed E-state index contributed by atoms with van der Waals surface area (Å²) in [5.74, 6) is 2.67. The summed E-state index contributed by atoms with van der Waals surface area (Å²) < 4.78 is 2.08. The second-order valence-electron chi connectivity index (χ2n) is 8.66. The SMILES string of the molecule is CC[C@@H]1c2nncn2-c2c(C)nc(-c3cn[nH]c3-c3ccccc3)nc2N1C1CCCC1. The zero-order valence-corrected chi connectivity index (χ0v) is 18.4. The molecule has 0 amide bonds. The molecule has 4 aromatic rings. The van der Waals surface area contributed by atoms with E-state index in [4.69, 9.17) is 9.97 Å². The van der Waals surface area contributed by atoms with Crippen molar-refractivity contribution in [2.45, 2.75) is 58.0 Å². The van der Waals surface area contributed by atoms with Crippen LogP contribution in [-0.4, -0.2) is 41.0 Å². The largest absolute Gasteiger partial charge is 0.341 e. The van der Waals surface area contributed by atoms with Crippen molar-refractivity contribution in [3.05, 3.63) is 54.4 Å². The summed E-state index contributed by atoms with van der Waals surface area (Å²) in [4.78, 5) is 12.6. The van der Waals surface area contributed by atoms with Crippen molar-refractivity contribution in [2.24, 2.45) is 0 Å². The van der Waals surface area contributed by atoms with Crippen LogP contribution in [0.5, 0.6) is 0 Å². The molecule has 0 unspecified atom stereocenters. The molecule has 1 aliphatic heterocycles. The van der Waals surface area contributed by atoms with Gasteiger partial charge in [-0.3, -0.25) is 9.67 Å². The molecule has 0 bridgehead atoms. The first-order valence-electron chi connectivity index (χ1n) is 11.4. The van der Waals surface area contributed by atoms with Crippen LogP contribution in [0, 0.1) is 6.92 Å².